The molecular formula is C104H102Cl3N17O9. The molecule has 0 aliphatic carbocycles. The number of hydrogen-bond donors (Lipinski definition) is 8. The van der Waals surface area contributed by atoms with Crippen LogP contribution in [0.25, 0.3) is 32.7 Å². The van der Waals surface area contributed by atoms with Gasteiger partial charge in [-0.15, -0.1) is 37.0 Å². The summed E-state index contributed by atoms with van der Waals surface area (Å²) < 4.78 is 4.36. The number of aliphatic hydroxyl groups excluding tert-OH is 1. The molecule has 3 atom stereocenters. The van der Waals surface area contributed by atoms with Gasteiger partial charge >= 0.3 is 0 Å². The average Bonchev–Trinajstić information content (AvgIpc) is 1.20. The maximum Gasteiger partial charge on any atom is 0.280 e. The van der Waals surface area contributed by atoms with Crippen molar-refractivity contribution in [2.24, 2.45) is 5.73 Å². The zero-order chi connectivity index (χ0) is 95.0. The Labute approximate surface area is 787 Å². The summed E-state index contributed by atoms with van der Waals surface area (Å²) in [6.45, 7) is 9.83. The predicted octanol–water partition coefficient (Wildman–Crippen LogP) is 18.2. The van der Waals surface area contributed by atoms with Crippen LogP contribution in [0.3, 0.4) is 0 Å². The number of amides is 4. The van der Waals surface area contributed by atoms with Crippen molar-refractivity contribution < 1.29 is 30.5 Å². The molecule has 678 valence electrons. The third-order valence-corrected chi connectivity index (χ3v) is 22.5. The topological polar surface area (TPSA) is 345 Å². The molecule has 0 unspecified atom stereocenters. The quantitative estimate of drug-likeness (QED) is 0.00658. The summed E-state index contributed by atoms with van der Waals surface area (Å²) in [5, 5.41) is 13.1. The number of terminal acetylenes is 3. The van der Waals surface area contributed by atoms with Gasteiger partial charge in [-0.05, 0) is 180 Å². The Morgan fingerprint density at radius 1 is 0.429 bits per heavy atom. The number of carbonyl (C=O) groups is 5. The summed E-state index contributed by atoms with van der Waals surface area (Å²) in [6, 6.07) is 79.7. The van der Waals surface area contributed by atoms with Crippen molar-refractivity contribution in [1.82, 2.24) is 53.9 Å². The lowest BCUT2D eigenvalue weighted by Gasteiger charge is -2.32. The molecule has 4 amide bonds. The number of nitrogens with one attached hydrogen (secondary N) is 6. The second kappa shape index (κ2) is 48.7. The predicted molar refractivity (Wildman–Crippen MR) is 528 cm³/mol. The Bertz CT molecular complexity index is 6690. The third kappa shape index (κ3) is 25.2. The van der Waals surface area contributed by atoms with E-state index >= 15 is 0 Å². The number of hydrogen-bond acceptors (Lipinski definition) is 21. The van der Waals surface area contributed by atoms with Gasteiger partial charge in [0.25, 0.3) is 40.3 Å². The lowest BCUT2D eigenvalue weighted by Crippen LogP contribution is -2.39. The first-order valence-electron chi connectivity index (χ1n) is 42.7. The first kappa shape index (κ1) is 98.7. The number of aryl methyl sites for hydroxylation is 3. The van der Waals surface area contributed by atoms with E-state index in [1.165, 1.54) is 35.0 Å². The number of para-hydroxylation sites is 3. The van der Waals surface area contributed by atoms with Crippen molar-refractivity contribution in [2.45, 2.75) is 90.5 Å². The summed E-state index contributed by atoms with van der Waals surface area (Å²) in [4.78, 5) is 124. The van der Waals surface area contributed by atoms with Crippen molar-refractivity contribution >= 4 is 114 Å². The summed E-state index contributed by atoms with van der Waals surface area (Å²) >= 11 is 18.8. The minimum Gasteiger partial charge on any atom is -0.400 e. The van der Waals surface area contributed by atoms with Gasteiger partial charge in [-0.2, -0.15) is 0 Å². The highest BCUT2D eigenvalue weighted by atomic mass is 35.5. The molecule has 0 spiro atoms. The number of nitrogens with two attached hydrogens (primary N) is 1. The maximum absolute atomic E-state index is 14.0. The molecule has 9 N–H and O–H groups in total. The van der Waals surface area contributed by atoms with Gasteiger partial charge < -0.3 is 16.2 Å². The van der Waals surface area contributed by atoms with Crippen LogP contribution in [0.15, 0.2) is 281 Å². The number of halogens is 3. The molecule has 2 aliphatic heterocycles. The highest BCUT2D eigenvalue weighted by molar-refractivity contribution is 6.32. The number of aldehydes is 1. The van der Waals surface area contributed by atoms with Crippen LogP contribution in [0.5, 0.6) is 0 Å². The van der Waals surface area contributed by atoms with Crippen LogP contribution < -0.4 is 44.0 Å². The zero-order valence-corrected chi connectivity index (χ0v) is 76.0. The summed E-state index contributed by atoms with van der Waals surface area (Å²) in [7, 11) is 1.00. The van der Waals surface area contributed by atoms with Gasteiger partial charge in [0, 0.05) is 87.7 Å². The Morgan fingerprint density at radius 3 is 1.08 bits per heavy atom. The van der Waals surface area contributed by atoms with E-state index in [9.17, 15) is 38.4 Å². The van der Waals surface area contributed by atoms with Crippen LogP contribution >= 0.6 is 34.8 Å². The third-order valence-electron chi connectivity index (χ3n) is 21.8. The molecular weight excluding hydrogens is 1740 g/mol. The van der Waals surface area contributed by atoms with Crippen LogP contribution in [-0.2, 0) is 13.1 Å². The number of benzene rings is 11. The number of rotatable bonds is 31. The summed E-state index contributed by atoms with van der Waals surface area (Å²) in [6.07, 6.45) is 21.0. The van der Waals surface area contributed by atoms with Gasteiger partial charge in [0.15, 0.2) is 11.6 Å². The Hall–Kier alpha value is -14.9. The zero-order valence-electron chi connectivity index (χ0n) is 73.7. The van der Waals surface area contributed by atoms with Crippen LogP contribution in [0.2, 0.25) is 15.1 Å². The van der Waals surface area contributed by atoms with Crippen LogP contribution in [-0.4, -0.2) is 130 Å². The Morgan fingerprint density at radius 2 is 0.744 bits per heavy atom. The van der Waals surface area contributed by atoms with Crippen molar-refractivity contribution in [2.75, 3.05) is 62.7 Å². The monoisotopic (exact) mass is 1840 g/mol. The van der Waals surface area contributed by atoms with Crippen LogP contribution in [0.4, 0.5) is 17.1 Å². The molecule has 0 saturated heterocycles. The molecule has 0 bridgehead atoms. The van der Waals surface area contributed by atoms with E-state index < -0.39 is 12.1 Å². The molecule has 133 heavy (non-hydrogen) atoms. The van der Waals surface area contributed by atoms with Crippen molar-refractivity contribution in [3.63, 3.8) is 0 Å². The van der Waals surface area contributed by atoms with Crippen LogP contribution in [0, 0.1) is 68.9 Å². The van der Waals surface area contributed by atoms with E-state index in [1.54, 1.807) is 103 Å². The number of nitrogens with zero attached hydrogens (tertiary/aromatic N) is 10. The second-order valence-electron chi connectivity index (χ2n) is 30.9. The van der Waals surface area contributed by atoms with Gasteiger partial charge in [0.2, 0.25) is 0 Å². The molecule has 26 nitrogen and oxygen atoms in total. The van der Waals surface area contributed by atoms with E-state index in [2.05, 4.69) is 92.5 Å². The van der Waals surface area contributed by atoms with Gasteiger partial charge in [0.1, 0.15) is 12.1 Å². The number of carbonyl (C=O) groups excluding carboxylic acids is 5. The molecule has 0 radical (unpaired) electrons. The van der Waals surface area contributed by atoms with Gasteiger partial charge in [-0.1, -0.05) is 203 Å². The fourth-order valence-corrected chi connectivity index (χ4v) is 15.6. The first-order valence-corrected chi connectivity index (χ1v) is 43.9. The molecule has 5 heterocycles. The highest BCUT2D eigenvalue weighted by Gasteiger charge is 2.37. The molecule has 11 aromatic carbocycles. The van der Waals surface area contributed by atoms with Gasteiger partial charge in [-0.3, -0.25) is 74.2 Å². The SMILES string of the molecule is C#CC[C@@H](NCCCN1C(=O)c2ccccc2C1=O)c1nc2cc(Cl)ccc2c(=O)n1Nc1ccccc1.C#CC[C@H](c1nc2cc(Cl)ccc2c(=O)n1Nc1ccccc1)N(CCCN)Cc1ccc(C)cc1.C#CC[C@H](c1nc2cc(Cl)ccc2c(=O)n1Nc1ccccc1)N(CCCN1C(=O)c2ccccc2C1=O)Cc1ccc(C)cc1.CO.Cc1ccc(C=O)cc1.N=N.[HH]. The molecule has 16 rings (SSSR count). The molecule has 0 saturated carbocycles. The standard InChI is InChI=1S/C37H32ClN5O3.C29H24ClN5O3.C29H30ClN5O.C8H8O.CH4O.H2N2.H2/c1-3-10-33(34-39-32-23-27(38)19-20-31(32)37(46)43(34)40-28-11-5-4-6-12-28)41(24-26-17-15-25(2)16-18-26)21-9-22-42-35(44)29-13-7-8-14-30(29)36(42)45;1-2-9-24(31-16-8-17-34-27(36)21-12-6-7-13-22(21)28(34)37)26-32-25-18-19(30)14-15-23(25)29(38)35(26)33-20-10-4-3-5-11-20;1-3-8-27(34(18-7-17-31)20-22-13-11-21(2)12-14-22)28-32-26-19-23(30)15-16-25(26)29(36)35(28)33-24-9-5-4-6-10-24;1-7-2-4-8(6-9)5-3-7;2*1-2;/h1,4-8,11-20,23,33,40H,9-10,21-22,24H2,2H3;1,3-7,10-15,18,24,31,33H,8-9,16-17H2;1,4-6,9-16,19,27,33H,7-8,17-18,20,31H2,2H3;2-6H,1H3;2H,1H3;1-2H;1H/t33-;24-;27-;;;;/m111..../s1. The number of aromatic nitrogens is 6. The van der Waals surface area contributed by atoms with E-state index in [-0.39, 0.29) is 73.7 Å². The summed E-state index contributed by atoms with van der Waals surface area (Å²) in [5.74, 6) is 8.44. The molecule has 3 aromatic heterocycles. The number of fused-ring (bicyclic) bond motifs is 5. The smallest absolute Gasteiger partial charge is 0.280 e. The maximum atomic E-state index is 14.0. The average molecular weight is 1840 g/mol. The van der Waals surface area contributed by atoms with Crippen molar-refractivity contribution in [3.8, 4) is 37.0 Å². The molecule has 29 heteroatoms. The van der Waals surface area contributed by atoms with E-state index in [1.807, 2.05) is 141 Å². The number of aliphatic hydroxyl groups is 1. The highest BCUT2D eigenvalue weighted by Crippen LogP contribution is 2.33. The van der Waals surface area contributed by atoms with E-state index in [0.717, 1.165) is 47.8 Å². The van der Waals surface area contributed by atoms with Gasteiger partial charge in [-0.25, -0.2) is 40.0 Å². The number of imide groups is 2. The van der Waals surface area contributed by atoms with Crippen molar-refractivity contribution in [1.29, 1.82) is 11.1 Å². The second-order valence-corrected chi connectivity index (χ2v) is 32.2. The number of anilines is 3. The fraction of sp³-hybridized carbons (Fsp3) is 0.202. The minimum atomic E-state index is -0.513. The summed E-state index contributed by atoms with van der Waals surface area (Å²) in [5.41, 5.74) is 36.5. The van der Waals surface area contributed by atoms with Crippen molar-refractivity contribution in [3.05, 3.63) is 386 Å². The first-order chi connectivity index (χ1) is 64.6. The largest absolute Gasteiger partial charge is 0.400 e. The molecule has 0 fully saturated rings. The fourth-order valence-electron chi connectivity index (χ4n) is 15.1. The Balaban J connectivity index is 0.000000195. The van der Waals surface area contributed by atoms with Crippen LogP contribution in [0.1, 0.15) is 155 Å². The molecule has 14 aromatic rings. The van der Waals surface area contributed by atoms with E-state index in [0.29, 0.717) is 157 Å². The Kier molecular flexibility index (Phi) is 36.1. The minimum absolute atomic E-state index is 0. The normalized spacial score (nSPS) is 12.3. The molecule has 2 aliphatic rings. The lowest BCUT2D eigenvalue weighted by atomic mass is 10.1. The van der Waals surface area contributed by atoms with E-state index in [4.69, 9.17) is 90.9 Å². The lowest BCUT2D eigenvalue weighted by molar-refractivity contribution is 0.0630. The van der Waals surface area contributed by atoms with Gasteiger partial charge in [0.05, 0.1) is 90.2 Å².